The van der Waals surface area contributed by atoms with Crippen molar-refractivity contribution < 1.29 is 19.1 Å². The average molecular weight is 435 g/mol. The van der Waals surface area contributed by atoms with Crippen molar-refractivity contribution in [1.29, 1.82) is 0 Å². The van der Waals surface area contributed by atoms with E-state index in [2.05, 4.69) is 4.98 Å². The SMILES string of the molecule is COc1ccccc1C(=O)c1[nH]ccc1-n1cccc1C(=O)c1ccc(Cl)cc1OC. The maximum atomic E-state index is 13.3. The minimum Gasteiger partial charge on any atom is -0.496 e. The van der Waals surface area contributed by atoms with Crippen molar-refractivity contribution in [2.45, 2.75) is 0 Å². The number of methoxy groups -OCH3 is 2. The number of ether oxygens (including phenoxy) is 2. The van der Waals surface area contributed by atoms with E-state index in [-0.39, 0.29) is 11.6 Å². The summed E-state index contributed by atoms with van der Waals surface area (Å²) in [6.45, 7) is 0. The van der Waals surface area contributed by atoms with Gasteiger partial charge in [-0.15, -0.1) is 0 Å². The van der Waals surface area contributed by atoms with Crippen molar-refractivity contribution in [2.75, 3.05) is 14.2 Å². The highest BCUT2D eigenvalue weighted by molar-refractivity contribution is 6.31. The summed E-state index contributed by atoms with van der Waals surface area (Å²) in [6, 6.07) is 17.0. The number of nitrogens with one attached hydrogen (secondary N) is 1. The molecule has 0 aliphatic carbocycles. The van der Waals surface area contributed by atoms with Crippen molar-refractivity contribution in [3.05, 3.63) is 101 Å². The Balaban J connectivity index is 1.77. The number of hydrogen-bond donors (Lipinski definition) is 1. The van der Waals surface area contributed by atoms with Gasteiger partial charge in [-0.2, -0.15) is 0 Å². The summed E-state index contributed by atoms with van der Waals surface area (Å²) in [5.41, 5.74) is 2.08. The second-order valence-corrected chi connectivity index (χ2v) is 7.14. The van der Waals surface area contributed by atoms with Crippen LogP contribution >= 0.6 is 11.6 Å². The first-order valence-electron chi connectivity index (χ1n) is 9.46. The number of aromatic nitrogens is 2. The molecule has 0 saturated carbocycles. The van der Waals surface area contributed by atoms with E-state index in [1.807, 2.05) is 0 Å². The van der Waals surface area contributed by atoms with Gasteiger partial charge in [-0.1, -0.05) is 23.7 Å². The molecular weight excluding hydrogens is 416 g/mol. The molecule has 6 nitrogen and oxygen atoms in total. The highest BCUT2D eigenvalue weighted by atomic mass is 35.5. The number of benzene rings is 2. The van der Waals surface area contributed by atoms with Gasteiger partial charge in [0.2, 0.25) is 11.6 Å². The fraction of sp³-hybridized carbons (Fsp3) is 0.0833. The van der Waals surface area contributed by atoms with Crippen molar-refractivity contribution in [3.63, 3.8) is 0 Å². The minimum atomic E-state index is -0.254. The van der Waals surface area contributed by atoms with Crippen LogP contribution in [0.3, 0.4) is 0 Å². The van der Waals surface area contributed by atoms with Crippen LogP contribution in [0.25, 0.3) is 5.69 Å². The van der Waals surface area contributed by atoms with Crippen LogP contribution in [0.4, 0.5) is 0 Å². The normalized spacial score (nSPS) is 10.7. The summed E-state index contributed by atoms with van der Waals surface area (Å²) in [5, 5.41) is 0.471. The van der Waals surface area contributed by atoms with Gasteiger partial charge in [0.15, 0.2) is 0 Å². The molecule has 7 heteroatoms. The number of hydrogen-bond acceptors (Lipinski definition) is 4. The van der Waals surface area contributed by atoms with Gasteiger partial charge in [-0.3, -0.25) is 9.59 Å². The molecule has 0 bridgehead atoms. The van der Waals surface area contributed by atoms with E-state index in [0.29, 0.717) is 44.7 Å². The molecule has 0 aliphatic rings. The van der Waals surface area contributed by atoms with Gasteiger partial charge < -0.3 is 19.0 Å². The van der Waals surface area contributed by atoms with E-state index in [1.165, 1.54) is 14.2 Å². The van der Waals surface area contributed by atoms with Gasteiger partial charge in [0.05, 0.1) is 36.7 Å². The lowest BCUT2D eigenvalue weighted by atomic mass is 10.1. The van der Waals surface area contributed by atoms with Gasteiger partial charge in [-0.25, -0.2) is 0 Å². The third-order valence-electron chi connectivity index (χ3n) is 4.95. The van der Waals surface area contributed by atoms with Crippen LogP contribution in [0.1, 0.15) is 32.1 Å². The molecule has 0 atom stereocenters. The fourth-order valence-electron chi connectivity index (χ4n) is 3.48. The highest BCUT2D eigenvalue weighted by Gasteiger charge is 2.23. The summed E-state index contributed by atoms with van der Waals surface area (Å²) in [5.74, 6) is 0.358. The molecule has 31 heavy (non-hydrogen) atoms. The molecule has 0 spiro atoms. The Bertz CT molecular complexity index is 1270. The minimum absolute atomic E-state index is 0.242. The lowest BCUT2D eigenvalue weighted by molar-refractivity contribution is 0.101. The largest absolute Gasteiger partial charge is 0.496 e. The van der Waals surface area contributed by atoms with Crippen LogP contribution in [-0.4, -0.2) is 35.3 Å². The molecular formula is C24H19ClN2O4. The van der Waals surface area contributed by atoms with E-state index >= 15 is 0 Å². The quantitative estimate of drug-likeness (QED) is 0.418. The molecule has 2 heterocycles. The first-order valence-corrected chi connectivity index (χ1v) is 9.84. The van der Waals surface area contributed by atoms with E-state index in [1.54, 1.807) is 77.6 Å². The van der Waals surface area contributed by atoms with E-state index in [9.17, 15) is 9.59 Å². The lowest BCUT2D eigenvalue weighted by Crippen LogP contribution is -2.13. The maximum Gasteiger partial charge on any atom is 0.215 e. The third-order valence-corrected chi connectivity index (χ3v) is 5.19. The molecule has 0 fully saturated rings. The Morgan fingerprint density at radius 1 is 0.871 bits per heavy atom. The first kappa shape index (κ1) is 20.5. The zero-order valence-electron chi connectivity index (χ0n) is 16.9. The standard InChI is InChI=1S/C24H19ClN2O4/c1-30-20-8-4-3-6-16(20)24(29)22-18(11-12-26-22)27-13-5-7-19(27)23(28)17-10-9-15(25)14-21(17)31-2/h3-14,26H,1-2H3. The zero-order chi connectivity index (χ0) is 22.0. The van der Waals surface area contributed by atoms with Crippen molar-refractivity contribution in [2.24, 2.45) is 0 Å². The Kier molecular flexibility index (Phi) is 5.64. The number of ketones is 2. The molecule has 2 aromatic carbocycles. The third kappa shape index (κ3) is 3.73. The van der Waals surface area contributed by atoms with Crippen LogP contribution in [0.5, 0.6) is 11.5 Å². The summed E-state index contributed by atoms with van der Waals surface area (Å²) in [7, 11) is 3.00. The monoisotopic (exact) mass is 434 g/mol. The van der Waals surface area contributed by atoms with Gasteiger partial charge >= 0.3 is 0 Å². The van der Waals surface area contributed by atoms with E-state index < -0.39 is 0 Å². The molecule has 4 rings (SSSR count). The Labute approximate surface area is 184 Å². The summed E-state index contributed by atoms with van der Waals surface area (Å²) < 4.78 is 12.3. The summed E-state index contributed by atoms with van der Waals surface area (Å²) in [4.78, 5) is 29.6. The van der Waals surface area contributed by atoms with Crippen molar-refractivity contribution >= 4 is 23.2 Å². The van der Waals surface area contributed by atoms with Crippen molar-refractivity contribution in [3.8, 4) is 17.2 Å². The number of halogens is 1. The van der Waals surface area contributed by atoms with Crippen molar-refractivity contribution in [1.82, 2.24) is 9.55 Å². The van der Waals surface area contributed by atoms with E-state index in [0.717, 1.165) is 0 Å². The Morgan fingerprint density at radius 3 is 2.39 bits per heavy atom. The zero-order valence-corrected chi connectivity index (χ0v) is 17.6. The van der Waals surface area contributed by atoms with E-state index in [4.69, 9.17) is 21.1 Å². The molecule has 1 N–H and O–H groups in total. The van der Waals surface area contributed by atoms with Crippen LogP contribution in [-0.2, 0) is 0 Å². The topological polar surface area (TPSA) is 73.3 Å². The summed E-state index contributed by atoms with van der Waals surface area (Å²) >= 11 is 6.03. The summed E-state index contributed by atoms with van der Waals surface area (Å²) in [6.07, 6.45) is 3.40. The smallest absolute Gasteiger partial charge is 0.215 e. The number of carbonyl (C=O) groups is 2. The number of H-pyrrole nitrogens is 1. The Morgan fingerprint density at radius 2 is 1.61 bits per heavy atom. The number of para-hydroxylation sites is 1. The molecule has 4 aromatic rings. The number of nitrogens with zero attached hydrogens (tertiary/aromatic N) is 1. The van der Waals surface area contributed by atoms with Crippen LogP contribution < -0.4 is 9.47 Å². The van der Waals surface area contributed by atoms with Crippen LogP contribution in [0.15, 0.2) is 73.1 Å². The lowest BCUT2D eigenvalue weighted by Gasteiger charge is -2.12. The predicted octanol–water partition coefficient (Wildman–Crippen LogP) is 4.94. The second kappa shape index (κ2) is 8.53. The number of aromatic amines is 1. The van der Waals surface area contributed by atoms with Gasteiger partial charge in [0.25, 0.3) is 0 Å². The molecule has 0 saturated heterocycles. The number of carbonyl (C=O) groups excluding carboxylic acids is 2. The van der Waals surface area contributed by atoms with Gasteiger partial charge in [-0.05, 0) is 48.5 Å². The Hall–Kier alpha value is -3.77. The maximum absolute atomic E-state index is 13.3. The van der Waals surface area contributed by atoms with Crippen LogP contribution in [0, 0.1) is 0 Å². The predicted molar refractivity (Wildman–Crippen MR) is 118 cm³/mol. The highest BCUT2D eigenvalue weighted by Crippen LogP contribution is 2.28. The fourth-order valence-corrected chi connectivity index (χ4v) is 3.64. The second-order valence-electron chi connectivity index (χ2n) is 6.70. The van der Waals surface area contributed by atoms with Gasteiger partial charge in [0.1, 0.15) is 17.2 Å². The number of rotatable bonds is 7. The molecule has 0 amide bonds. The molecule has 156 valence electrons. The van der Waals surface area contributed by atoms with Gasteiger partial charge in [0, 0.05) is 17.4 Å². The molecule has 2 aromatic heterocycles. The molecule has 0 unspecified atom stereocenters. The molecule has 0 aliphatic heterocycles. The van der Waals surface area contributed by atoms with Crippen LogP contribution in [0.2, 0.25) is 5.02 Å². The first-order chi connectivity index (χ1) is 15.0. The average Bonchev–Trinajstić information content (AvgIpc) is 3.47. The molecule has 0 radical (unpaired) electrons.